The predicted molar refractivity (Wildman–Crippen MR) is 106 cm³/mol. The highest BCUT2D eigenvalue weighted by molar-refractivity contribution is 7.89. The highest BCUT2D eigenvalue weighted by atomic mass is 32.2. The number of benzene rings is 2. The number of anilines is 1. The number of morpholine rings is 1. The summed E-state index contributed by atoms with van der Waals surface area (Å²) in [5.74, 6) is -0.242. The number of carbonyl (C=O) groups excluding carboxylic acids is 1. The van der Waals surface area contributed by atoms with Gasteiger partial charge < -0.3 is 14.8 Å². The second-order valence-corrected chi connectivity index (χ2v) is 8.49. The Kier molecular flexibility index (Phi) is 6.83. The summed E-state index contributed by atoms with van der Waals surface area (Å²) in [6.07, 6.45) is 0.366. The monoisotopic (exact) mass is 422 g/mol. The Bertz CT molecular complexity index is 975. The van der Waals surface area contributed by atoms with Gasteiger partial charge in [0.25, 0.3) is 0 Å². The molecule has 1 N–H and O–H groups in total. The molecule has 0 spiro atoms. The Hall–Kier alpha value is -2.49. The second-order valence-electron chi connectivity index (χ2n) is 6.55. The zero-order valence-electron chi connectivity index (χ0n) is 16.1. The number of hydrogen-bond donors (Lipinski definition) is 1. The molecular weight excluding hydrogens is 399 g/mol. The van der Waals surface area contributed by atoms with Crippen LogP contribution in [0.25, 0.3) is 0 Å². The third kappa shape index (κ3) is 5.31. The lowest BCUT2D eigenvalue weighted by Gasteiger charge is -2.26. The van der Waals surface area contributed by atoms with Gasteiger partial charge in [-0.1, -0.05) is 6.07 Å². The summed E-state index contributed by atoms with van der Waals surface area (Å²) < 4.78 is 50.9. The molecule has 1 saturated heterocycles. The topological polar surface area (TPSA) is 84.9 Å². The maximum atomic E-state index is 13.2. The van der Waals surface area contributed by atoms with E-state index in [1.165, 1.54) is 35.7 Å². The zero-order chi connectivity index (χ0) is 20.9. The van der Waals surface area contributed by atoms with E-state index in [-0.39, 0.29) is 23.6 Å². The number of nitrogens with one attached hydrogen (secondary N) is 1. The minimum atomic E-state index is -3.65. The average Bonchev–Trinajstić information content (AvgIpc) is 2.72. The van der Waals surface area contributed by atoms with Gasteiger partial charge in [-0.05, 0) is 48.4 Å². The van der Waals surface area contributed by atoms with Gasteiger partial charge in [-0.25, -0.2) is 12.8 Å². The van der Waals surface area contributed by atoms with Crippen LogP contribution in [0.1, 0.15) is 12.0 Å². The van der Waals surface area contributed by atoms with Crippen LogP contribution in [0.2, 0.25) is 0 Å². The van der Waals surface area contributed by atoms with Crippen molar-refractivity contribution in [2.24, 2.45) is 0 Å². The minimum Gasteiger partial charge on any atom is -0.496 e. The molecule has 0 aliphatic carbocycles. The molecular formula is C20H23FN2O5S. The number of halogens is 1. The van der Waals surface area contributed by atoms with Crippen molar-refractivity contribution in [3.05, 3.63) is 53.8 Å². The van der Waals surface area contributed by atoms with Gasteiger partial charge in [0.2, 0.25) is 15.9 Å². The van der Waals surface area contributed by atoms with E-state index in [1.54, 1.807) is 18.2 Å². The van der Waals surface area contributed by atoms with Crippen molar-refractivity contribution < 1.29 is 27.1 Å². The molecule has 3 rings (SSSR count). The van der Waals surface area contributed by atoms with E-state index in [1.807, 2.05) is 0 Å². The molecule has 0 unspecified atom stereocenters. The lowest BCUT2D eigenvalue weighted by Crippen LogP contribution is -2.40. The van der Waals surface area contributed by atoms with Crippen molar-refractivity contribution in [3.8, 4) is 5.75 Å². The van der Waals surface area contributed by atoms with Crippen LogP contribution in [0.4, 0.5) is 10.1 Å². The summed E-state index contributed by atoms with van der Waals surface area (Å²) in [6, 6.07) is 10.3. The molecule has 2 aromatic carbocycles. The largest absolute Gasteiger partial charge is 0.496 e. The van der Waals surface area contributed by atoms with E-state index in [0.29, 0.717) is 43.3 Å². The maximum Gasteiger partial charge on any atom is 0.243 e. The van der Waals surface area contributed by atoms with Crippen LogP contribution in [0.5, 0.6) is 5.75 Å². The van der Waals surface area contributed by atoms with Gasteiger partial charge in [-0.15, -0.1) is 0 Å². The molecule has 0 radical (unpaired) electrons. The smallest absolute Gasteiger partial charge is 0.243 e. The fourth-order valence-corrected chi connectivity index (χ4v) is 4.54. The Morgan fingerprint density at radius 2 is 1.97 bits per heavy atom. The van der Waals surface area contributed by atoms with Crippen molar-refractivity contribution >= 4 is 21.6 Å². The number of methoxy groups -OCH3 is 1. The molecule has 0 aromatic heterocycles. The van der Waals surface area contributed by atoms with E-state index >= 15 is 0 Å². The lowest BCUT2D eigenvalue weighted by molar-refractivity contribution is -0.116. The van der Waals surface area contributed by atoms with Crippen LogP contribution in [0.3, 0.4) is 0 Å². The fourth-order valence-electron chi connectivity index (χ4n) is 3.08. The Balaban J connectivity index is 1.72. The average molecular weight is 422 g/mol. The fraction of sp³-hybridized carbons (Fsp3) is 0.350. The Morgan fingerprint density at radius 3 is 2.66 bits per heavy atom. The van der Waals surface area contributed by atoms with Gasteiger partial charge in [0.1, 0.15) is 11.6 Å². The van der Waals surface area contributed by atoms with Crippen LogP contribution in [0, 0.1) is 5.82 Å². The molecule has 29 heavy (non-hydrogen) atoms. The van der Waals surface area contributed by atoms with Crippen molar-refractivity contribution in [2.45, 2.75) is 17.7 Å². The Labute approximate surface area is 169 Å². The van der Waals surface area contributed by atoms with Gasteiger partial charge in [-0.3, -0.25) is 4.79 Å². The van der Waals surface area contributed by atoms with Crippen molar-refractivity contribution in [1.82, 2.24) is 4.31 Å². The number of rotatable bonds is 7. The van der Waals surface area contributed by atoms with Gasteiger partial charge in [0.05, 0.1) is 25.2 Å². The van der Waals surface area contributed by atoms with E-state index in [0.717, 1.165) is 0 Å². The molecule has 1 heterocycles. The molecule has 1 fully saturated rings. The summed E-state index contributed by atoms with van der Waals surface area (Å²) in [5.41, 5.74) is 0.974. The van der Waals surface area contributed by atoms with Crippen molar-refractivity contribution in [1.29, 1.82) is 0 Å². The molecule has 1 aliphatic rings. The quantitative estimate of drug-likeness (QED) is 0.741. The minimum absolute atomic E-state index is 0.0912. The maximum absolute atomic E-state index is 13.2. The first-order chi connectivity index (χ1) is 13.9. The zero-order valence-corrected chi connectivity index (χ0v) is 16.9. The first-order valence-corrected chi connectivity index (χ1v) is 10.6. The van der Waals surface area contributed by atoms with E-state index in [2.05, 4.69) is 5.32 Å². The van der Waals surface area contributed by atoms with Gasteiger partial charge >= 0.3 is 0 Å². The summed E-state index contributed by atoms with van der Waals surface area (Å²) in [6.45, 7) is 1.34. The third-order valence-electron chi connectivity index (χ3n) is 4.59. The standard InChI is InChI=1S/C20H23FN2O5S/c1-27-19-7-6-18(29(25,26)23-9-11-28-12-10-23)13-15(19)5-8-20(24)22-17-4-2-3-16(21)14-17/h2-4,6-7,13-14H,5,8-12H2,1H3,(H,22,24). The third-order valence-corrected chi connectivity index (χ3v) is 6.48. The van der Waals surface area contributed by atoms with E-state index in [9.17, 15) is 17.6 Å². The molecule has 0 bridgehead atoms. The first kappa shape index (κ1) is 21.2. The van der Waals surface area contributed by atoms with Crippen LogP contribution in [-0.4, -0.2) is 52.0 Å². The molecule has 9 heteroatoms. The number of aryl methyl sites for hydroxylation is 1. The second kappa shape index (κ2) is 9.34. The van der Waals surface area contributed by atoms with Crippen LogP contribution in [-0.2, 0) is 26.0 Å². The van der Waals surface area contributed by atoms with Gasteiger partial charge in [-0.2, -0.15) is 4.31 Å². The number of sulfonamides is 1. The molecule has 7 nitrogen and oxygen atoms in total. The lowest BCUT2D eigenvalue weighted by atomic mass is 10.1. The molecule has 2 aromatic rings. The normalized spacial score (nSPS) is 15.1. The number of hydrogen-bond acceptors (Lipinski definition) is 5. The number of ether oxygens (including phenoxy) is 2. The van der Waals surface area contributed by atoms with Crippen molar-refractivity contribution in [3.63, 3.8) is 0 Å². The number of nitrogens with zero attached hydrogens (tertiary/aromatic N) is 1. The van der Waals surface area contributed by atoms with E-state index < -0.39 is 15.8 Å². The predicted octanol–water partition coefficient (Wildman–Crippen LogP) is 2.43. The molecule has 1 amide bonds. The Morgan fingerprint density at radius 1 is 1.21 bits per heavy atom. The molecule has 0 atom stereocenters. The molecule has 156 valence electrons. The number of carbonyl (C=O) groups is 1. The summed E-state index contributed by atoms with van der Waals surface area (Å²) in [7, 11) is -2.16. The summed E-state index contributed by atoms with van der Waals surface area (Å²) in [5, 5.41) is 2.63. The van der Waals surface area contributed by atoms with Crippen molar-refractivity contribution in [2.75, 3.05) is 38.7 Å². The molecule has 1 aliphatic heterocycles. The number of amides is 1. The van der Waals surface area contributed by atoms with E-state index in [4.69, 9.17) is 9.47 Å². The van der Waals surface area contributed by atoms with Crippen LogP contribution >= 0.6 is 0 Å². The SMILES string of the molecule is COc1ccc(S(=O)(=O)N2CCOCC2)cc1CCC(=O)Nc1cccc(F)c1. The summed E-state index contributed by atoms with van der Waals surface area (Å²) >= 11 is 0. The summed E-state index contributed by atoms with van der Waals surface area (Å²) in [4.78, 5) is 12.4. The highest BCUT2D eigenvalue weighted by Gasteiger charge is 2.27. The van der Waals surface area contributed by atoms with Gasteiger partial charge in [0, 0.05) is 25.2 Å². The van der Waals surface area contributed by atoms with Gasteiger partial charge in [0.15, 0.2) is 0 Å². The first-order valence-electron chi connectivity index (χ1n) is 9.20. The van der Waals surface area contributed by atoms with Crippen LogP contribution in [0.15, 0.2) is 47.4 Å². The highest BCUT2D eigenvalue weighted by Crippen LogP contribution is 2.26. The van der Waals surface area contributed by atoms with Crippen LogP contribution < -0.4 is 10.1 Å². The molecule has 0 saturated carbocycles.